The first-order valence-corrected chi connectivity index (χ1v) is 16.2. The molecule has 0 unspecified atom stereocenters. The molecule has 0 spiro atoms. The van der Waals surface area contributed by atoms with Crippen LogP contribution < -0.4 is 5.46 Å². The molecule has 0 radical (unpaired) electrons. The summed E-state index contributed by atoms with van der Waals surface area (Å²) in [6.07, 6.45) is 0. The predicted octanol–water partition coefficient (Wildman–Crippen LogP) is 9.99. The van der Waals surface area contributed by atoms with Crippen molar-refractivity contribution in [2.24, 2.45) is 0 Å². The molecule has 6 aromatic rings. The molecular formula is C40H40BClN2O2. The van der Waals surface area contributed by atoms with Crippen molar-refractivity contribution in [3.8, 4) is 22.5 Å². The van der Waals surface area contributed by atoms with E-state index in [1.807, 2.05) is 36.4 Å². The number of hydrogen-bond donors (Lipinski definition) is 0. The van der Waals surface area contributed by atoms with Gasteiger partial charge in [0.15, 0.2) is 0 Å². The van der Waals surface area contributed by atoms with Gasteiger partial charge in [0.1, 0.15) is 0 Å². The van der Waals surface area contributed by atoms with Crippen LogP contribution in [0.4, 0.5) is 0 Å². The Morgan fingerprint density at radius 3 is 1.48 bits per heavy atom. The average molecular weight is 627 g/mol. The average Bonchev–Trinajstić information content (AvgIpc) is 3.22. The normalized spacial score (nSPS) is 15.2. The van der Waals surface area contributed by atoms with Crippen molar-refractivity contribution >= 4 is 46.0 Å². The van der Waals surface area contributed by atoms with Crippen molar-refractivity contribution < 1.29 is 9.31 Å². The summed E-state index contributed by atoms with van der Waals surface area (Å²) in [6, 6.07) is 33.3. The lowest BCUT2D eigenvalue weighted by Gasteiger charge is -2.32. The van der Waals surface area contributed by atoms with Crippen molar-refractivity contribution in [2.45, 2.75) is 66.6 Å². The molecule has 232 valence electrons. The second-order valence-electron chi connectivity index (χ2n) is 13.5. The van der Waals surface area contributed by atoms with Crippen molar-refractivity contribution in [2.75, 3.05) is 0 Å². The summed E-state index contributed by atoms with van der Waals surface area (Å²) in [5, 5.41) is 2.82. The number of nitrogens with zero attached hydrogens (tertiary/aromatic N) is 2. The molecule has 1 aliphatic rings. The first kappa shape index (κ1) is 31.9. The van der Waals surface area contributed by atoms with E-state index in [4.69, 9.17) is 30.9 Å². The van der Waals surface area contributed by atoms with Crippen molar-refractivity contribution in [3.05, 3.63) is 124 Å². The van der Waals surface area contributed by atoms with Crippen LogP contribution in [0.15, 0.2) is 97.1 Å². The van der Waals surface area contributed by atoms with E-state index >= 15 is 0 Å². The van der Waals surface area contributed by atoms with Crippen LogP contribution in [0.25, 0.3) is 44.3 Å². The zero-order valence-corrected chi connectivity index (χ0v) is 28.7. The van der Waals surface area contributed by atoms with Gasteiger partial charge in [-0.25, -0.2) is 9.97 Å². The number of hydrogen-bond acceptors (Lipinski definition) is 4. The van der Waals surface area contributed by atoms with E-state index in [1.165, 1.54) is 22.3 Å². The third kappa shape index (κ3) is 6.46. The van der Waals surface area contributed by atoms with Gasteiger partial charge in [0.05, 0.1) is 33.6 Å². The van der Waals surface area contributed by atoms with E-state index in [0.717, 1.165) is 54.8 Å². The molecule has 1 saturated heterocycles. The molecule has 0 aliphatic carbocycles. The lowest BCUT2D eigenvalue weighted by atomic mass is 9.76. The molecule has 1 fully saturated rings. The Morgan fingerprint density at radius 2 is 0.978 bits per heavy atom. The Bertz CT molecular complexity index is 2030. The largest absolute Gasteiger partial charge is 0.495 e. The quantitative estimate of drug-likeness (QED) is 0.183. The smallest absolute Gasteiger partial charge is 0.399 e. The van der Waals surface area contributed by atoms with Gasteiger partial charge < -0.3 is 9.31 Å². The van der Waals surface area contributed by atoms with E-state index in [9.17, 15) is 0 Å². The van der Waals surface area contributed by atoms with Crippen molar-refractivity contribution in [1.82, 2.24) is 9.97 Å². The minimum atomic E-state index is -0.382. The molecular weight excluding hydrogens is 587 g/mol. The third-order valence-corrected chi connectivity index (χ3v) is 9.32. The van der Waals surface area contributed by atoms with Gasteiger partial charge in [-0.2, -0.15) is 0 Å². The molecule has 7 rings (SSSR count). The zero-order valence-electron chi connectivity index (χ0n) is 27.9. The number of aryl methyl sites for hydroxylation is 4. The molecule has 0 atom stereocenters. The minimum absolute atomic E-state index is 0.355. The predicted molar refractivity (Wildman–Crippen MR) is 194 cm³/mol. The second kappa shape index (κ2) is 12.3. The van der Waals surface area contributed by atoms with Gasteiger partial charge in [0.25, 0.3) is 0 Å². The monoisotopic (exact) mass is 626 g/mol. The van der Waals surface area contributed by atoms with E-state index < -0.39 is 0 Å². The fourth-order valence-corrected chi connectivity index (χ4v) is 6.27. The van der Waals surface area contributed by atoms with Crippen LogP contribution >= 0.6 is 11.6 Å². The maximum atomic E-state index is 6.25. The lowest BCUT2D eigenvalue weighted by molar-refractivity contribution is 0.00578. The molecule has 0 saturated carbocycles. The summed E-state index contributed by atoms with van der Waals surface area (Å²) < 4.78 is 12.5. The molecule has 0 N–H and O–H groups in total. The number of aromatic nitrogens is 2. The Balaban J connectivity index is 0.000000172. The highest BCUT2D eigenvalue weighted by Gasteiger charge is 2.52. The van der Waals surface area contributed by atoms with Crippen LogP contribution in [0.5, 0.6) is 0 Å². The minimum Gasteiger partial charge on any atom is -0.399 e. The number of rotatable bonds is 3. The van der Waals surface area contributed by atoms with Gasteiger partial charge in [-0.1, -0.05) is 70.3 Å². The molecule has 6 heteroatoms. The number of fused-ring (bicyclic) bond motifs is 2. The summed E-state index contributed by atoms with van der Waals surface area (Å²) in [5.41, 5.74) is 11.5. The van der Waals surface area contributed by atoms with Gasteiger partial charge >= 0.3 is 7.12 Å². The highest BCUT2D eigenvalue weighted by atomic mass is 35.5. The first-order valence-electron chi connectivity index (χ1n) is 15.8. The van der Waals surface area contributed by atoms with Gasteiger partial charge in [0.2, 0.25) is 0 Å². The van der Waals surface area contributed by atoms with E-state index in [-0.39, 0.29) is 18.3 Å². The van der Waals surface area contributed by atoms with Crippen LogP contribution in [-0.4, -0.2) is 28.3 Å². The summed E-state index contributed by atoms with van der Waals surface area (Å²) in [5.74, 6) is 0. The third-order valence-electron chi connectivity index (χ3n) is 8.99. The number of benzene rings is 4. The molecule has 4 aromatic carbocycles. The summed E-state index contributed by atoms with van der Waals surface area (Å²) in [6.45, 7) is 16.8. The topological polar surface area (TPSA) is 44.2 Å². The number of pyridine rings is 2. The van der Waals surface area contributed by atoms with Gasteiger partial charge in [-0.3, -0.25) is 0 Å². The number of halogens is 1. The Morgan fingerprint density at radius 1 is 0.543 bits per heavy atom. The van der Waals surface area contributed by atoms with Crippen LogP contribution in [-0.2, 0) is 9.31 Å². The van der Waals surface area contributed by atoms with E-state index in [2.05, 4.69) is 116 Å². The Labute approximate surface area is 277 Å². The van der Waals surface area contributed by atoms with Crippen LogP contribution in [0, 0.1) is 27.7 Å². The molecule has 3 heterocycles. The van der Waals surface area contributed by atoms with Crippen LogP contribution in [0.2, 0.25) is 5.02 Å². The standard InChI is InChI=1S/C23H26BNO2.C17H14ClN/c1-15-12-16(2)14-17(13-15)20-11-10-18-19(8-7-9-21(18)25-20)24-26-22(3,4)23(5,6)27-24;1-11-8-12(2)10-13(9-11)16-7-6-14-15(18)4-3-5-17(14)19-16/h7-14H,1-6H3;3-10H,1-2H3. The molecule has 1 aliphatic heterocycles. The first-order chi connectivity index (χ1) is 21.8. The fraction of sp³-hybridized carbons (Fsp3) is 0.250. The van der Waals surface area contributed by atoms with Crippen molar-refractivity contribution in [1.29, 1.82) is 0 Å². The van der Waals surface area contributed by atoms with Gasteiger partial charge in [-0.15, -0.1) is 0 Å². The lowest BCUT2D eigenvalue weighted by Crippen LogP contribution is -2.41. The van der Waals surface area contributed by atoms with Gasteiger partial charge in [-0.05, 0) is 127 Å². The SMILES string of the molecule is Cc1cc(C)cc(-c2ccc3c(B4OC(C)(C)C(C)(C)O4)cccc3n2)c1.Cc1cc(C)cc(-c2ccc3c(Cl)cccc3n2)c1. The summed E-state index contributed by atoms with van der Waals surface area (Å²) in [4.78, 5) is 9.63. The van der Waals surface area contributed by atoms with E-state index in [0.29, 0.717) is 0 Å². The van der Waals surface area contributed by atoms with Gasteiger partial charge in [0, 0.05) is 21.5 Å². The van der Waals surface area contributed by atoms with Crippen LogP contribution in [0.1, 0.15) is 49.9 Å². The zero-order chi connectivity index (χ0) is 32.8. The highest BCUT2D eigenvalue weighted by Crippen LogP contribution is 2.37. The molecule has 0 bridgehead atoms. The maximum Gasteiger partial charge on any atom is 0.495 e. The molecule has 2 aromatic heterocycles. The molecule has 4 nitrogen and oxygen atoms in total. The Hall–Kier alpha value is -4.03. The highest BCUT2D eigenvalue weighted by molar-refractivity contribution is 6.65. The van der Waals surface area contributed by atoms with E-state index in [1.54, 1.807) is 0 Å². The van der Waals surface area contributed by atoms with Crippen LogP contribution in [0.3, 0.4) is 0 Å². The fourth-order valence-electron chi connectivity index (χ4n) is 6.04. The Kier molecular flexibility index (Phi) is 8.54. The summed E-state index contributed by atoms with van der Waals surface area (Å²) in [7, 11) is -0.382. The maximum absolute atomic E-state index is 6.25. The van der Waals surface area contributed by atoms with Crippen molar-refractivity contribution in [3.63, 3.8) is 0 Å². The second-order valence-corrected chi connectivity index (χ2v) is 13.9. The molecule has 46 heavy (non-hydrogen) atoms. The summed E-state index contributed by atoms with van der Waals surface area (Å²) >= 11 is 6.17. The molecule has 0 amide bonds.